The van der Waals surface area contributed by atoms with Gasteiger partial charge in [0, 0.05) is 12.3 Å². The van der Waals surface area contributed by atoms with Crippen LogP contribution in [0.25, 0.3) is 0 Å². The Balaban J connectivity index is 2.82. The second-order valence-electron chi connectivity index (χ2n) is 3.73. The van der Waals surface area contributed by atoms with E-state index in [1.807, 2.05) is 0 Å². The van der Waals surface area contributed by atoms with Crippen molar-refractivity contribution in [1.29, 1.82) is 0 Å². The minimum atomic E-state index is -3.19. The molecule has 0 amide bonds. The van der Waals surface area contributed by atoms with Crippen molar-refractivity contribution in [3.8, 4) is 0 Å². The van der Waals surface area contributed by atoms with Gasteiger partial charge in [-0.15, -0.1) is 0 Å². The van der Waals surface area contributed by atoms with Crippen LogP contribution in [0.4, 0.5) is 0 Å². The van der Waals surface area contributed by atoms with E-state index in [1.165, 1.54) is 0 Å². The Labute approximate surface area is 89.9 Å². The Morgan fingerprint density at radius 3 is 2.53 bits per heavy atom. The molecule has 1 rings (SSSR count). The van der Waals surface area contributed by atoms with E-state index in [-0.39, 0.29) is 18.9 Å². The highest BCUT2D eigenvalue weighted by atomic mass is 32.2. The van der Waals surface area contributed by atoms with Crippen LogP contribution in [0, 0.1) is 5.41 Å². The second-order valence-corrected chi connectivity index (χ2v) is 6.20. The van der Waals surface area contributed by atoms with E-state index in [9.17, 15) is 13.2 Å². The molecule has 0 bridgehead atoms. The maximum Gasteiger partial charge on any atom is 0.314 e. The first-order valence-corrected chi connectivity index (χ1v) is 6.75. The van der Waals surface area contributed by atoms with Gasteiger partial charge < -0.3 is 10.5 Å². The maximum absolute atomic E-state index is 11.6. The molecule has 1 aliphatic carbocycles. The molecule has 2 N–H and O–H groups in total. The zero-order valence-electron chi connectivity index (χ0n) is 9.02. The Hall–Kier alpha value is -0.620. The van der Waals surface area contributed by atoms with Crippen LogP contribution in [-0.2, 0) is 19.4 Å². The number of carbonyl (C=O) groups is 1. The molecule has 1 fully saturated rings. The first kappa shape index (κ1) is 12.4. The van der Waals surface area contributed by atoms with Crippen molar-refractivity contribution in [1.82, 2.24) is 0 Å². The summed E-state index contributed by atoms with van der Waals surface area (Å²) in [4.78, 5) is 11.6. The molecule has 0 heterocycles. The number of rotatable bonds is 5. The summed E-state index contributed by atoms with van der Waals surface area (Å²) in [6, 6.07) is 0. The fourth-order valence-electron chi connectivity index (χ4n) is 1.73. The van der Waals surface area contributed by atoms with Crippen LogP contribution in [-0.4, -0.2) is 38.5 Å². The second kappa shape index (κ2) is 4.09. The number of nitrogens with two attached hydrogens (primary N) is 1. The molecule has 15 heavy (non-hydrogen) atoms. The average Bonchev–Trinajstić information content (AvgIpc) is 2.95. The molecule has 0 aromatic heterocycles. The summed E-state index contributed by atoms with van der Waals surface area (Å²) in [5, 5.41) is -0.640. The van der Waals surface area contributed by atoms with E-state index >= 15 is 0 Å². The van der Waals surface area contributed by atoms with Crippen LogP contribution in [0.1, 0.15) is 20.3 Å². The summed E-state index contributed by atoms with van der Waals surface area (Å²) in [6.45, 7) is 3.54. The van der Waals surface area contributed by atoms with Crippen molar-refractivity contribution >= 4 is 15.8 Å². The van der Waals surface area contributed by atoms with Gasteiger partial charge in [0.2, 0.25) is 0 Å². The number of ether oxygens (including phenoxy) is 1. The third-order valence-electron chi connectivity index (χ3n) is 2.89. The van der Waals surface area contributed by atoms with Gasteiger partial charge in [-0.1, -0.05) is 6.92 Å². The predicted molar refractivity (Wildman–Crippen MR) is 56.0 cm³/mol. The number of carbonyl (C=O) groups excluding carboxylic acids is 1. The molecule has 0 aliphatic heterocycles. The molecule has 1 aliphatic rings. The van der Waals surface area contributed by atoms with Gasteiger partial charge in [-0.3, -0.25) is 4.79 Å². The molecular weight excluding hydrogens is 218 g/mol. The standard InChI is InChI=1S/C9H17NO4S/c1-3-14-8(11)9(6-10)5-7(9)15(12,13)4-2/h7H,3-6,10H2,1-2H3/t7-,9-/m1/s1. The maximum atomic E-state index is 11.6. The largest absolute Gasteiger partial charge is 0.465 e. The van der Waals surface area contributed by atoms with E-state index in [0.29, 0.717) is 6.42 Å². The highest BCUT2D eigenvalue weighted by molar-refractivity contribution is 7.92. The van der Waals surface area contributed by atoms with Gasteiger partial charge in [0.25, 0.3) is 0 Å². The van der Waals surface area contributed by atoms with Crippen molar-refractivity contribution in [2.24, 2.45) is 11.1 Å². The lowest BCUT2D eigenvalue weighted by molar-refractivity contribution is -0.149. The minimum absolute atomic E-state index is 0.0374. The van der Waals surface area contributed by atoms with Crippen LogP contribution < -0.4 is 5.73 Å². The lowest BCUT2D eigenvalue weighted by atomic mass is 10.1. The first-order chi connectivity index (χ1) is 6.94. The van der Waals surface area contributed by atoms with E-state index in [2.05, 4.69) is 0 Å². The van der Waals surface area contributed by atoms with Crippen molar-refractivity contribution in [3.05, 3.63) is 0 Å². The quantitative estimate of drug-likeness (QED) is 0.661. The van der Waals surface area contributed by atoms with Gasteiger partial charge in [0.1, 0.15) is 0 Å². The normalized spacial score (nSPS) is 29.9. The van der Waals surface area contributed by atoms with Crippen molar-refractivity contribution < 1.29 is 17.9 Å². The summed E-state index contributed by atoms with van der Waals surface area (Å²) < 4.78 is 28.0. The third kappa shape index (κ3) is 2.01. The molecule has 5 nitrogen and oxygen atoms in total. The summed E-state index contributed by atoms with van der Waals surface area (Å²) in [7, 11) is -3.19. The Kier molecular flexibility index (Phi) is 3.40. The van der Waals surface area contributed by atoms with Crippen molar-refractivity contribution in [2.45, 2.75) is 25.5 Å². The Morgan fingerprint density at radius 1 is 1.53 bits per heavy atom. The molecule has 0 aromatic carbocycles. The fraction of sp³-hybridized carbons (Fsp3) is 0.889. The van der Waals surface area contributed by atoms with Crippen molar-refractivity contribution in [2.75, 3.05) is 18.9 Å². The molecule has 0 spiro atoms. The molecule has 0 radical (unpaired) electrons. The molecular formula is C9H17NO4S. The molecule has 0 saturated heterocycles. The molecule has 0 unspecified atom stereocenters. The number of hydrogen-bond acceptors (Lipinski definition) is 5. The Bertz CT molecular complexity index is 351. The lowest BCUT2D eigenvalue weighted by Gasteiger charge is -2.12. The van der Waals surface area contributed by atoms with Gasteiger partial charge in [-0.05, 0) is 13.3 Å². The Morgan fingerprint density at radius 2 is 2.13 bits per heavy atom. The molecule has 1 saturated carbocycles. The van der Waals surface area contributed by atoms with Crippen LogP contribution >= 0.6 is 0 Å². The lowest BCUT2D eigenvalue weighted by Crippen LogP contribution is -2.33. The summed E-state index contributed by atoms with van der Waals surface area (Å²) in [5.41, 5.74) is 4.51. The summed E-state index contributed by atoms with van der Waals surface area (Å²) in [5.74, 6) is -0.437. The highest BCUT2D eigenvalue weighted by Gasteiger charge is 2.65. The minimum Gasteiger partial charge on any atom is -0.465 e. The molecule has 2 atom stereocenters. The zero-order chi connectivity index (χ0) is 11.7. The van der Waals surface area contributed by atoms with Crippen LogP contribution in [0.2, 0.25) is 0 Å². The predicted octanol–water partition coefficient (Wildman–Crippen LogP) is -0.298. The van der Waals surface area contributed by atoms with E-state index < -0.39 is 26.5 Å². The zero-order valence-corrected chi connectivity index (χ0v) is 9.84. The summed E-state index contributed by atoms with van der Waals surface area (Å²) in [6.07, 6.45) is 0.304. The van der Waals surface area contributed by atoms with Gasteiger partial charge in [0.05, 0.1) is 17.3 Å². The third-order valence-corrected chi connectivity index (χ3v) is 5.18. The number of esters is 1. The van der Waals surface area contributed by atoms with Crippen molar-refractivity contribution in [3.63, 3.8) is 0 Å². The van der Waals surface area contributed by atoms with Gasteiger partial charge in [-0.2, -0.15) is 0 Å². The van der Waals surface area contributed by atoms with Crippen LogP contribution in [0.5, 0.6) is 0 Å². The van der Waals surface area contributed by atoms with Crippen LogP contribution in [0.3, 0.4) is 0 Å². The van der Waals surface area contributed by atoms with E-state index in [0.717, 1.165) is 0 Å². The highest BCUT2D eigenvalue weighted by Crippen LogP contribution is 2.51. The first-order valence-electron chi connectivity index (χ1n) is 5.03. The van der Waals surface area contributed by atoms with Gasteiger partial charge in [0.15, 0.2) is 9.84 Å². The van der Waals surface area contributed by atoms with Crippen LogP contribution in [0.15, 0.2) is 0 Å². The topological polar surface area (TPSA) is 86.5 Å². The summed E-state index contributed by atoms with van der Waals surface area (Å²) >= 11 is 0. The monoisotopic (exact) mass is 235 g/mol. The van der Waals surface area contributed by atoms with E-state index in [1.54, 1.807) is 13.8 Å². The van der Waals surface area contributed by atoms with Gasteiger partial charge >= 0.3 is 5.97 Å². The fourth-order valence-corrected chi connectivity index (χ4v) is 3.57. The smallest absolute Gasteiger partial charge is 0.314 e. The molecule has 88 valence electrons. The average molecular weight is 235 g/mol. The van der Waals surface area contributed by atoms with Gasteiger partial charge in [-0.25, -0.2) is 8.42 Å². The number of sulfone groups is 1. The molecule has 0 aromatic rings. The van der Waals surface area contributed by atoms with E-state index in [4.69, 9.17) is 10.5 Å². The SMILES string of the molecule is CCOC(=O)[C@@]1(CN)C[C@H]1S(=O)(=O)CC. The molecule has 6 heteroatoms. The number of hydrogen-bond donors (Lipinski definition) is 1.